The Morgan fingerprint density at radius 1 is 1.33 bits per heavy atom. The summed E-state index contributed by atoms with van der Waals surface area (Å²) >= 11 is 0. The van der Waals surface area contributed by atoms with Crippen molar-refractivity contribution in [3.63, 3.8) is 0 Å². The molecule has 0 radical (unpaired) electrons. The summed E-state index contributed by atoms with van der Waals surface area (Å²) < 4.78 is 40.1. The lowest BCUT2D eigenvalue weighted by molar-refractivity contribution is -0.197. The summed E-state index contributed by atoms with van der Waals surface area (Å²) in [5, 5.41) is 14.0. The number of phenols is 1. The maximum absolute atomic E-state index is 13.4. The van der Waals surface area contributed by atoms with Crippen LogP contribution in [0.4, 0.5) is 13.2 Å². The molecule has 6 atom stereocenters. The number of hydrogen-bond acceptors (Lipinski definition) is 3. The van der Waals surface area contributed by atoms with Crippen molar-refractivity contribution < 1.29 is 23.1 Å². The first-order chi connectivity index (χ1) is 14.2. The Labute approximate surface area is 174 Å². The average Bonchev–Trinajstić information content (AvgIpc) is 3.17. The van der Waals surface area contributed by atoms with Gasteiger partial charge in [-0.05, 0) is 80.7 Å². The van der Waals surface area contributed by atoms with Gasteiger partial charge in [0, 0.05) is 29.5 Å². The molecule has 1 aromatic rings. The van der Waals surface area contributed by atoms with Crippen molar-refractivity contribution in [2.75, 3.05) is 13.1 Å². The highest BCUT2D eigenvalue weighted by Gasteiger charge is 2.73. The fourth-order valence-electron chi connectivity index (χ4n) is 8.10. The molecule has 7 heteroatoms. The van der Waals surface area contributed by atoms with E-state index in [1.165, 1.54) is 0 Å². The van der Waals surface area contributed by atoms with E-state index in [0.29, 0.717) is 24.3 Å². The van der Waals surface area contributed by atoms with Crippen molar-refractivity contribution in [1.82, 2.24) is 10.2 Å². The minimum Gasteiger partial charge on any atom is -0.508 e. The number of nitrogens with one attached hydrogen (secondary N) is 1. The molecule has 1 aromatic carbocycles. The van der Waals surface area contributed by atoms with Crippen LogP contribution in [0.1, 0.15) is 50.7 Å². The van der Waals surface area contributed by atoms with Crippen LogP contribution in [0.5, 0.6) is 5.75 Å². The van der Waals surface area contributed by atoms with Crippen molar-refractivity contribution in [1.29, 1.82) is 0 Å². The highest BCUT2D eigenvalue weighted by atomic mass is 19.4. The van der Waals surface area contributed by atoms with E-state index >= 15 is 0 Å². The zero-order valence-electron chi connectivity index (χ0n) is 17.4. The predicted molar refractivity (Wildman–Crippen MR) is 106 cm³/mol. The quantitative estimate of drug-likeness (QED) is 0.763. The van der Waals surface area contributed by atoms with Crippen LogP contribution in [0.3, 0.4) is 0 Å². The average molecular weight is 422 g/mol. The molecule has 4 nitrogen and oxygen atoms in total. The lowest BCUT2D eigenvalue weighted by Gasteiger charge is -2.63. The number of piperidine rings is 1. The lowest BCUT2D eigenvalue weighted by Crippen LogP contribution is -2.68. The van der Waals surface area contributed by atoms with Crippen molar-refractivity contribution >= 4 is 5.91 Å². The topological polar surface area (TPSA) is 52.6 Å². The number of nitrogens with zero attached hydrogens (tertiary/aromatic N) is 1. The number of carbonyl (C=O) groups is 1. The standard InChI is InChI=1S/C23H29F3N2O2/c1-3-14-4-5-16(29)10-17(14)22-8-9-28(20(30)23(24,25)26)13(2)21(22)7-6-18-19(22)15(11-21)12-27-18/h4-5,10,13,15,18-19,27,29H,3,6-9,11-12H2,1-2H3/t13?,15-,18?,19?,21?,22?/m1/s1. The van der Waals surface area contributed by atoms with Crippen LogP contribution in [0.2, 0.25) is 0 Å². The van der Waals surface area contributed by atoms with Crippen molar-refractivity contribution in [3.8, 4) is 5.75 Å². The number of alkyl halides is 3. The highest BCUT2D eigenvalue weighted by molar-refractivity contribution is 5.82. The third kappa shape index (κ3) is 2.36. The summed E-state index contributed by atoms with van der Waals surface area (Å²) in [4.78, 5) is 13.4. The molecule has 2 saturated heterocycles. The van der Waals surface area contributed by atoms with Crippen molar-refractivity contribution in [2.45, 2.75) is 69.6 Å². The van der Waals surface area contributed by atoms with Crippen LogP contribution in [0.15, 0.2) is 18.2 Å². The van der Waals surface area contributed by atoms with Gasteiger partial charge < -0.3 is 15.3 Å². The van der Waals surface area contributed by atoms with E-state index in [9.17, 15) is 23.1 Å². The van der Waals surface area contributed by atoms with Crippen molar-refractivity contribution in [3.05, 3.63) is 29.3 Å². The molecule has 2 bridgehead atoms. The minimum absolute atomic E-state index is 0.107. The first kappa shape index (κ1) is 20.2. The third-order valence-corrected chi connectivity index (χ3v) is 9.04. The number of amides is 1. The largest absolute Gasteiger partial charge is 0.508 e. The monoisotopic (exact) mass is 422 g/mol. The Hall–Kier alpha value is -1.76. The summed E-state index contributed by atoms with van der Waals surface area (Å²) in [7, 11) is 0. The van der Waals surface area contributed by atoms with Crippen LogP contribution < -0.4 is 5.32 Å². The van der Waals surface area contributed by atoms with E-state index in [2.05, 4.69) is 12.2 Å². The summed E-state index contributed by atoms with van der Waals surface area (Å²) in [6, 6.07) is 5.40. The zero-order valence-corrected chi connectivity index (χ0v) is 17.4. The normalized spacial score (nSPS) is 39.8. The van der Waals surface area contributed by atoms with Crippen LogP contribution in [0, 0.1) is 17.3 Å². The predicted octanol–water partition coefficient (Wildman–Crippen LogP) is 3.76. The van der Waals surface area contributed by atoms with Crippen LogP contribution in [0.25, 0.3) is 0 Å². The fraction of sp³-hybridized carbons (Fsp3) is 0.696. The van der Waals surface area contributed by atoms with E-state index < -0.39 is 23.5 Å². The lowest BCUT2D eigenvalue weighted by atomic mass is 9.47. The van der Waals surface area contributed by atoms with Gasteiger partial charge in [-0.1, -0.05) is 13.0 Å². The second-order valence-electron chi connectivity index (χ2n) is 9.79. The number of phenolic OH excluding ortho intramolecular Hbond substituents is 1. The maximum atomic E-state index is 13.4. The van der Waals surface area contributed by atoms with Gasteiger partial charge in [-0.25, -0.2) is 0 Å². The van der Waals surface area contributed by atoms with Gasteiger partial charge in [-0.15, -0.1) is 0 Å². The summed E-state index contributed by atoms with van der Waals surface area (Å²) in [5.74, 6) is -0.766. The van der Waals surface area contributed by atoms with Gasteiger partial charge in [-0.3, -0.25) is 4.79 Å². The third-order valence-electron chi connectivity index (χ3n) is 9.04. The Balaban J connectivity index is 1.70. The number of aryl methyl sites for hydroxylation is 1. The smallest absolute Gasteiger partial charge is 0.471 e. The summed E-state index contributed by atoms with van der Waals surface area (Å²) in [6.07, 6.45) is -0.946. The number of hydrogen-bond donors (Lipinski definition) is 2. The Bertz CT molecular complexity index is 888. The van der Waals surface area contributed by atoms with Gasteiger partial charge >= 0.3 is 12.1 Å². The molecule has 1 amide bonds. The molecule has 164 valence electrons. The second kappa shape index (κ2) is 6.38. The van der Waals surface area contributed by atoms with Crippen LogP contribution in [-0.4, -0.2) is 47.3 Å². The molecule has 2 saturated carbocycles. The first-order valence-corrected chi connectivity index (χ1v) is 11.1. The summed E-state index contributed by atoms with van der Waals surface area (Å²) in [6.45, 7) is 4.92. The van der Waals surface area contributed by atoms with E-state index in [0.717, 1.165) is 48.3 Å². The maximum Gasteiger partial charge on any atom is 0.471 e. The SMILES string of the molecule is CCc1ccc(O)cc1C12CCN(C(=O)C(F)(F)F)C(C)C13CCC1NC[C@@H](C3)C12. The first-order valence-electron chi connectivity index (χ1n) is 11.1. The summed E-state index contributed by atoms with van der Waals surface area (Å²) in [5.41, 5.74) is 1.57. The Morgan fingerprint density at radius 2 is 2.10 bits per heavy atom. The van der Waals surface area contributed by atoms with Gasteiger partial charge in [0.2, 0.25) is 0 Å². The molecule has 2 N–H and O–H groups in total. The molecule has 2 heterocycles. The molecule has 2 aliphatic carbocycles. The highest BCUT2D eigenvalue weighted by Crippen LogP contribution is 2.72. The zero-order chi connectivity index (χ0) is 21.5. The van der Waals surface area contributed by atoms with Crippen LogP contribution in [-0.2, 0) is 16.6 Å². The number of aromatic hydroxyl groups is 1. The van der Waals surface area contributed by atoms with E-state index in [4.69, 9.17) is 0 Å². The van der Waals surface area contributed by atoms with Gasteiger partial charge in [0.15, 0.2) is 0 Å². The molecule has 30 heavy (non-hydrogen) atoms. The molecule has 4 aliphatic rings. The molecule has 5 unspecified atom stereocenters. The molecule has 0 spiro atoms. The number of halogens is 3. The number of rotatable bonds is 2. The molecule has 4 fully saturated rings. The number of carbonyl (C=O) groups excluding carboxylic acids is 1. The minimum atomic E-state index is -4.85. The molecular weight excluding hydrogens is 393 g/mol. The molecular formula is C23H29F3N2O2. The second-order valence-corrected chi connectivity index (χ2v) is 9.79. The van der Waals surface area contributed by atoms with E-state index in [-0.39, 0.29) is 17.7 Å². The molecule has 2 aliphatic heterocycles. The fourth-order valence-corrected chi connectivity index (χ4v) is 8.10. The molecule has 5 rings (SSSR count). The van der Waals surface area contributed by atoms with Gasteiger partial charge in [0.25, 0.3) is 0 Å². The molecule has 0 aromatic heterocycles. The van der Waals surface area contributed by atoms with E-state index in [1.54, 1.807) is 6.07 Å². The Morgan fingerprint density at radius 3 is 2.80 bits per heavy atom. The van der Waals surface area contributed by atoms with Gasteiger partial charge in [0.1, 0.15) is 5.75 Å². The van der Waals surface area contributed by atoms with Crippen molar-refractivity contribution in [2.24, 2.45) is 17.3 Å². The van der Waals surface area contributed by atoms with Crippen LogP contribution >= 0.6 is 0 Å². The van der Waals surface area contributed by atoms with Gasteiger partial charge in [-0.2, -0.15) is 13.2 Å². The van der Waals surface area contributed by atoms with E-state index in [1.807, 2.05) is 19.1 Å². The van der Waals surface area contributed by atoms with Gasteiger partial charge in [0.05, 0.1) is 0 Å². The number of benzene rings is 1. The Kier molecular flexibility index (Phi) is 4.28. The number of likely N-dealkylation sites (tertiary alicyclic amines) is 1.